The SMILES string of the molecule is CC/C(C)=N\NC(=O)c1cc2c(s1)CC[C@@H](CC)C2. The Balaban J connectivity index is 2.06. The largest absolute Gasteiger partial charge is 0.281 e. The summed E-state index contributed by atoms with van der Waals surface area (Å²) in [5.41, 5.74) is 4.97. The predicted octanol–water partition coefficient (Wildman–Crippen LogP) is 3.78. The number of carbonyl (C=O) groups is 1. The summed E-state index contributed by atoms with van der Waals surface area (Å²) in [6.45, 7) is 6.20. The van der Waals surface area contributed by atoms with Crippen molar-refractivity contribution < 1.29 is 4.79 Å². The van der Waals surface area contributed by atoms with E-state index in [1.165, 1.54) is 23.3 Å². The summed E-state index contributed by atoms with van der Waals surface area (Å²) < 4.78 is 0. The highest BCUT2D eigenvalue weighted by molar-refractivity contribution is 7.14. The Morgan fingerprint density at radius 2 is 2.32 bits per heavy atom. The summed E-state index contributed by atoms with van der Waals surface area (Å²) in [5, 5.41) is 4.08. The van der Waals surface area contributed by atoms with Crippen molar-refractivity contribution in [2.24, 2.45) is 11.0 Å². The third-order valence-electron chi connectivity index (χ3n) is 3.85. The molecule has 104 valence electrons. The van der Waals surface area contributed by atoms with Gasteiger partial charge in [0.05, 0.1) is 4.88 Å². The molecule has 0 saturated heterocycles. The average molecular weight is 278 g/mol. The molecule has 0 bridgehead atoms. The van der Waals surface area contributed by atoms with Crippen molar-refractivity contribution in [3.05, 3.63) is 21.4 Å². The second-order valence-corrected chi connectivity index (χ2v) is 6.35. The molecule has 0 unspecified atom stereocenters. The molecular weight excluding hydrogens is 256 g/mol. The van der Waals surface area contributed by atoms with Crippen LogP contribution in [0.15, 0.2) is 11.2 Å². The third kappa shape index (κ3) is 3.44. The molecule has 1 amide bonds. The van der Waals surface area contributed by atoms with Crippen LogP contribution in [0.5, 0.6) is 0 Å². The molecule has 0 fully saturated rings. The van der Waals surface area contributed by atoms with Gasteiger partial charge < -0.3 is 0 Å². The van der Waals surface area contributed by atoms with Crippen LogP contribution >= 0.6 is 11.3 Å². The highest BCUT2D eigenvalue weighted by Gasteiger charge is 2.21. The maximum Gasteiger partial charge on any atom is 0.281 e. The van der Waals surface area contributed by atoms with Gasteiger partial charge in [0.25, 0.3) is 5.91 Å². The molecule has 0 aliphatic heterocycles. The first kappa shape index (κ1) is 14.3. The summed E-state index contributed by atoms with van der Waals surface area (Å²) in [5.74, 6) is 0.721. The Labute approximate surface area is 119 Å². The Morgan fingerprint density at radius 3 is 3.00 bits per heavy atom. The Kier molecular flexibility index (Phi) is 4.75. The summed E-state index contributed by atoms with van der Waals surface area (Å²) in [6, 6.07) is 2.06. The number of hydrogen-bond acceptors (Lipinski definition) is 3. The number of nitrogens with zero attached hydrogens (tertiary/aromatic N) is 1. The van der Waals surface area contributed by atoms with Crippen molar-refractivity contribution in [3.8, 4) is 0 Å². The van der Waals surface area contributed by atoms with Crippen LogP contribution in [-0.2, 0) is 12.8 Å². The number of rotatable bonds is 4. The number of thiophene rings is 1. The fourth-order valence-corrected chi connectivity index (χ4v) is 3.44. The minimum atomic E-state index is -0.0692. The van der Waals surface area contributed by atoms with Crippen molar-refractivity contribution in [1.29, 1.82) is 0 Å². The lowest BCUT2D eigenvalue weighted by Gasteiger charge is -2.19. The van der Waals surface area contributed by atoms with Crippen molar-refractivity contribution >= 4 is 23.0 Å². The van der Waals surface area contributed by atoms with Gasteiger partial charge in [-0.3, -0.25) is 4.79 Å². The molecule has 0 saturated carbocycles. The molecule has 2 rings (SSSR count). The van der Waals surface area contributed by atoms with Gasteiger partial charge in [0.15, 0.2) is 0 Å². The highest BCUT2D eigenvalue weighted by atomic mass is 32.1. The van der Waals surface area contributed by atoms with E-state index in [1.807, 2.05) is 13.8 Å². The molecule has 1 aromatic rings. The van der Waals surface area contributed by atoms with E-state index < -0.39 is 0 Å². The Bertz CT molecular complexity index is 490. The molecule has 4 heteroatoms. The lowest BCUT2D eigenvalue weighted by Crippen LogP contribution is -2.17. The monoisotopic (exact) mass is 278 g/mol. The number of carbonyl (C=O) groups excluding carboxylic acids is 1. The number of aryl methyl sites for hydroxylation is 1. The van der Waals surface area contributed by atoms with E-state index >= 15 is 0 Å². The van der Waals surface area contributed by atoms with E-state index in [-0.39, 0.29) is 5.91 Å². The molecule has 1 atom stereocenters. The first-order chi connectivity index (χ1) is 9.13. The first-order valence-corrected chi connectivity index (χ1v) is 7.90. The van der Waals surface area contributed by atoms with Gasteiger partial charge in [-0.05, 0) is 50.2 Å². The molecule has 1 aliphatic carbocycles. The zero-order valence-electron chi connectivity index (χ0n) is 12.0. The van der Waals surface area contributed by atoms with Gasteiger partial charge in [-0.1, -0.05) is 20.3 Å². The number of nitrogens with one attached hydrogen (secondary N) is 1. The molecule has 0 spiro atoms. The number of fused-ring (bicyclic) bond motifs is 1. The van der Waals surface area contributed by atoms with Gasteiger partial charge >= 0.3 is 0 Å². The maximum atomic E-state index is 12.0. The lowest BCUT2D eigenvalue weighted by atomic mass is 9.87. The molecule has 1 aromatic heterocycles. The van der Waals surface area contributed by atoms with Gasteiger partial charge in [-0.25, -0.2) is 5.43 Å². The summed E-state index contributed by atoms with van der Waals surface area (Å²) >= 11 is 1.63. The maximum absolute atomic E-state index is 12.0. The van der Waals surface area contributed by atoms with Crippen LogP contribution in [0.2, 0.25) is 0 Å². The Morgan fingerprint density at radius 1 is 1.53 bits per heavy atom. The van der Waals surface area contributed by atoms with Gasteiger partial charge in [0.1, 0.15) is 0 Å². The second kappa shape index (κ2) is 6.33. The van der Waals surface area contributed by atoms with Crippen LogP contribution in [0.1, 0.15) is 60.1 Å². The first-order valence-electron chi connectivity index (χ1n) is 7.09. The van der Waals surface area contributed by atoms with E-state index in [4.69, 9.17) is 0 Å². The molecule has 3 nitrogen and oxygen atoms in total. The summed E-state index contributed by atoms with van der Waals surface area (Å²) in [7, 11) is 0. The molecule has 1 N–H and O–H groups in total. The normalized spacial score (nSPS) is 19.1. The quantitative estimate of drug-likeness (QED) is 0.661. The van der Waals surface area contributed by atoms with E-state index in [9.17, 15) is 4.79 Å². The van der Waals surface area contributed by atoms with Crippen LogP contribution in [0, 0.1) is 5.92 Å². The lowest BCUT2D eigenvalue weighted by molar-refractivity contribution is 0.0958. The molecule has 0 radical (unpaired) electrons. The standard InChI is InChI=1S/C15H22N2OS/c1-4-10(3)16-17-15(18)14-9-12-8-11(5-2)6-7-13(12)19-14/h9,11H,4-8H2,1-3H3,(H,17,18)/b16-10-/t11-/m1/s1. The van der Waals surface area contributed by atoms with E-state index in [2.05, 4.69) is 23.5 Å². The topological polar surface area (TPSA) is 41.5 Å². The summed E-state index contributed by atoms with van der Waals surface area (Å²) in [6.07, 6.45) is 5.62. The van der Waals surface area contributed by atoms with Gasteiger partial charge in [-0.15, -0.1) is 11.3 Å². The fourth-order valence-electron chi connectivity index (χ4n) is 2.34. The van der Waals surface area contributed by atoms with Crippen LogP contribution in [0.3, 0.4) is 0 Å². The zero-order chi connectivity index (χ0) is 13.8. The highest BCUT2D eigenvalue weighted by Crippen LogP contribution is 2.33. The van der Waals surface area contributed by atoms with Gasteiger partial charge in [0.2, 0.25) is 0 Å². The van der Waals surface area contributed by atoms with Crippen LogP contribution < -0.4 is 5.43 Å². The van der Waals surface area contributed by atoms with Gasteiger partial charge in [0, 0.05) is 10.6 Å². The van der Waals surface area contributed by atoms with Crippen LogP contribution in [0.4, 0.5) is 0 Å². The number of hydrogen-bond donors (Lipinski definition) is 1. The second-order valence-electron chi connectivity index (χ2n) is 5.22. The molecular formula is C15H22N2OS. The van der Waals surface area contributed by atoms with Crippen molar-refractivity contribution in [2.75, 3.05) is 0 Å². The van der Waals surface area contributed by atoms with Crippen LogP contribution in [0.25, 0.3) is 0 Å². The van der Waals surface area contributed by atoms with Gasteiger partial charge in [-0.2, -0.15) is 5.10 Å². The smallest absolute Gasteiger partial charge is 0.266 e. The Hall–Kier alpha value is -1.16. The molecule has 0 aromatic carbocycles. The summed E-state index contributed by atoms with van der Waals surface area (Å²) in [4.78, 5) is 14.2. The number of amides is 1. The van der Waals surface area contributed by atoms with Crippen LogP contribution in [-0.4, -0.2) is 11.6 Å². The third-order valence-corrected chi connectivity index (χ3v) is 5.08. The zero-order valence-corrected chi connectivity index (χ0v) is 12.8. The minimum Gasteiger partial charge on any atom is -0.266 e. The average Bonchev–Trinajstić information content (AvgIpc) is 2.86. The fraction of sp³-hybridized carbons (Fsp3) is 0.600. The van der Waals surface area contributed by atoms with Crippen molar-refractivity contribution in [1.82, 2.24) is 5.43 Å². The molecule has 19 heavy (non-hydrogen) atoms. The van der Waals surface area contributed by atoms with E-state index in [0.29, 0.717) is 0 Å². The van der Waals surface area contributed by atoms with E-state index in [1.54, 1.807) is 11.3 Å². The van der Waals surface area contributed by atoms with Crippen molar-refractivity contribution in [2.45, 2.75) is 52.9 Å². The molecule has 1 heterocycles. The minimum absolute atomic E-state index is 0.0692. The van der Waals surface area contributed by atoms with E-state index in [0.717, 1.165) is 35.8 Å². The van der Waals surface area contributed by atoms with Crippen molar-refractivity contribution in [3.63, 3.8) is 0 Å². The number of hydrazone groups is 1. The predicted molar refractivity (Wildman–Crippen MR) is 81.0 cm³/mol. The molecule has 1 aliphatic rings.